The lowest BCUT2D eigenvalue weighted by molar-refractivity contribution is 0.340. The SMILES string of the molecule is CCOc1ccc(B(O)O)cc1C=Nn1cc(C)nc1N. The molecule has 7 nitrogen and oxygen atoms in total. The summed E-state index contributed by atoms with van der Waals surface area (Å²) < 4.78 is 6.92. The second-order valence-corrected chi connectivity index (χ2v) is 4.43. The highest BCUT2D eigenvalue weighted by atomic mass is 16.5. The number of ether oxygens (including phenoxy) is 1. The summed E-state index contributed by atoms with van der Waals surface area (Å²) in [6.07, 6.45) is 3.23. The highest BCUT2D eigenvalue weighted by molar-refractivity contribution is 6.58. The minimum Gasteiger partial charge on any atom is -0.493 e. The van der Waals surface area contributed by atoms with E-state index in [2.05, 4.69) is 10.1 Å². The van der Waals surface area contributed by atoms with E-state index in [0.717, 1.165) is 5.69 Å². The van der Waals surface area contributed by atoms with Crippen molar-refractivity contribution in [2.45, 2.75) is 13.8 Å². The van der Waals surface area contributed by atoms with Gasteiger partial charge in [-0.15, -0.1) is 0 Å². The Hall–Kier alpha value is -2.32. The fourth-order valence-electron chi connectivity index (χ4n) is 1.84. The van der Waals surface area contributed by atoms with Crippen molar-refractivity contribution in [3.05, 3.63) is 35.7 Å². The molecule has 4 N–H and O–H groups in total. The van der Waals surface area contributed by atoms with E-state index in [4.69, 9.17) is 10.5 Å². The van der Waals surface area contributed by atoms with Crippen LogP contribution in [0.4, 0.5) is 5.95 Å². The molecule has 0 saturated heterocycles. The largest absolute Gasteiger partial charge is 0.493 e. The van der Waals surface area contributed by atoms with Gasteiger partial charge in [-0.3, -0.25) is 0 Å². The number of aryl methyl sites for hydroxylation is 1. The Labute approximate surface area is 122 Å². The predicted molar refractivity (Wildman–Crippen MR) is 81.8 cm³/mol. The molecular formula is C13H17BN4O3. The van der Waals surface area contributed by atoms with Gasteiger partial charge in [0.1, 0.15) is 5.75 Å². The van der Waals surface area contributed by atoms with E-state index >= 15 is 0 Å². The number of rotatable bonds is 5. The monoisotopic (exact) mass is 288 g/mol. The summed E-state index contributed by atoms with van der Waals surface area (Å²) in [6, 6.07) is 4.85. The van der Waals surface area contributed by atoms with Gasteiger partial charge in [-0.25, -0.2) is 9.66 Å². The van der Waals surface area contributed by atoms with Gasteiger partial charge in [0.2, 0.25) is 5.95 Å². The molecule has 2 rings (SSSR count). The van der Waals surface area contributed by atoms with Crippen molar-refractivity contribution in [2.75, 3.05) is 12.3 Å². The van der Waals surface area contributed by atoms with E-state index in [0.29, 0.717) is 23.4 Å². The molecular weight excluding hydrogens is 271 g/mol. The maximum atomic E-state index is 9.24. The van der Waals surface area contributed by atoms with Gasteiger partial charge in [0.05, 0.1) is 24.7 Å². The minimum absolute atomic E-state index is 0.278. The molecule has 0 bridgehead atoms. The van der Waals surface area contributed by atoms with E-state index in [1.165, 1.54) is 10.9 Å². The van der Waals surface area contributed by atoms with Crippen LogP contribution in [0.15, 0.2) is 29.5 Å². The van der Waals surface area contributed by atoms with Crippen LogP contribution in [0.2, 0.25) is 0 Å². The van der Waals surface area contributed by atoms with E-state index in [-0.39, 0.29) is 5.95 Å². The molecule has 0 aliphatic rings. The van der Waals surface area contributed by atoms with Gasteiger partial charge in [-0.1, -0.05) is 6.07 Å². The quantitative estimate of drug-likeness (QED) is 0.519. The molecule has 0 amide bonds. The lowest BCUT2D eigenvalue weighted by Gasteiger charge is -2.09. The van der Waals surface area contributed by atoms with Gasteiger partial charge < -0.3 is 20.5 Å². The summed E-state index contributed by atoms with van der Waals surface area (Å²) in [5, 5.41) is 22.7. The number of hydrogen-bond acceptors (Lipinski definition) is 6. The topological polar surface area (TPSA) is 106 Å². The number of aromatic nitrogens is 2. The molecule has 0 atom stereocenters. The Balaban J connectivity index is 2.36. The first kappa shape index (κ1) is 15.1. The number of imidazole rings is 1. The zero-order valence-electron chi connectivity index (χ0n) is 11.9. The third-order valence-electron chi connectivity index (χ3n) is 2.79. The van der Waals surface area contributed by atoms with Crippen molar-refractivity contribution in [3.8, 4) is 5.75 Å². The number of anilines is 1. The van der Waals surface area contributed by atoms with Crippen LogP contribution in [-0.4, -0.2) is 39.6 Å². The van der Waals surface area contributed by atoms with Crippen LogP contribution >= 0.6 is 0 Å². The predicted octanol–water partition coefficient (Wildman–Crippen LogP) is -0.266. The van der Waals surface area contributed by atoms with Gasteiger partial charge in [0.25, 0.3) is 0 Å². The summed E-state index contributed by atoms with van der Waals surface area (Å²) in [5.74, 6) is 0.876. The van der Waals surface area contributed by atoms with Crippen molar-refractivity contribution >= 4 is 24.7 Å². The van der Waals surface area contributed by atoms with Crippen LogP contribution in [0.5, 0.6) is 5.75 Å². The molecule has 0 radical (unpaired) electrons. The standard InChI is InChI=1S/C13H17BN4O3/c1-3-21-12-5-4-11(14(19)20)6-10(12)7-16-18-8-9(2)17-13(18)15/h4-8,19-20H,3H2,1-2H3,(H2,15,17). The molecule has 110 valence electrons. The molecule has 0 unspecified atom stereocenters. The lowest BCUT2D eigenvalue weighted by Crippen LogP contribution is -2.30. The second-order valence-electron chi connectivity index (χ2n) is 4.43. The van der Waals surface area contributed by atoms with Crippen molar-refractivity contribution in [2.24, 2.45) is 5.10 Å². The summed E-state index contributed by atoms with van der Waals surface area (Å²) in [5.41, 5.74) is 7.44. The Kier molecular flexibility index (Phi) is 4.61. The number of nitrogens with zero attached hydrogens (tertiary/aromatic N) is 3. The molecule has 0 saturated carbocycles. The Morgan fingerprint density at radius 1 is 1.48 bits per heavy atom. The van der Waals surface area contributed by atoms with E-state index in [1.54, 1.807) is 24.4 Å². The summed E-state index contributed by atoms with van der Waals surface area (Å²) in [4.78, 5) is 4.04. The first-order chi connectivity index (χ1) is 10.0. The number of nitrogens with two attached hydrogens (primary N) is 1. The second kappa shape index (κ2) is 6.42. The van der Waals surface area contributed by atoms with Crippen LogP contribution in [0, 0.1) is 6.92 Å². The summed E-state index contributed by atoms with van der Waals surface area (Å²) in [7, 11) is -1.55. The van der Waals surface area contributed by atoms with Crippen LogP contribution in [0.25, 0.3) is 0 Å². The third-order valence-corrected chi connectivity index (χ3v) is 2.79. The molecule has 0 aliphatic carbocycles. The van der Waals surface area contributed by atoms with Gasteiger partial charge in [0.15, 0.2) is 0 Å². The smallest absolute Gasteiger partial charge is 0.488 e. The molecule has 1 aromatic carbocycles. The van der Waals surface area contributed by atoms with E-state index in [1.807, 2.05) is 13.8 Å². The molecule has 21 heavy (non-hydrogen) atoms. The highest BCUT2D eigenvalue weighted by Crippen LogP contribution is 2.15. The van der Waals surface area contributed by atoms with Crippen LogP contribution in [-0.2, 0) is 0 Å². The van der Waals surface area contributed by atoms with Crippen molar-refractivity contribution in [3.63, 3.8) is 0 Å². The average molecular weight is 288 g/mol. The van der Waals surface area contributed by atoms with E-state index in [9.17, 15) is 10.0 Å². The molecule has 2 aromatic rings. The first-order valence-electron chi connectivity index (χ1n) is 6.50. The Bertz CT molecular complexity index is 655. The normalized spacial score (nSPS) is 11.0. The Morgan fingerprint density at radius 3 is 2.81 bits per heavy atom. The summed E-state index contributed by atoms with van der Waals surface area (Å²) >= 11 is 0. The van der Waals surface area contributed by atoms with Gasteiger partial charge in [-0.05, 0) is 31.4 Å². The van der Waals surface area contributed by atoms with Crippen LogP contribution < -0.4 is 15.9 Å². The van der Waals surface area contributed by atoms with Crippen molar-refractivity contribution < 1.29 is 14.8 Å². The number of nitrogen functional groups attached to an aromatic ring is 1. The van der Waals surface area contributed by atoms with Gasteiger partial charge >= 0.3 is 7.12 Å². The minimum atomic E-state index is -1.55. The third kappa shape index (κ3) is 3.62. The zero-order valence-corrected chi connectivity index (χ0v) is 11.9. The van der Waals surface area contributed by atoms with Crippen LogP contribution in [0.3, 0.4) is 0 Å². The number of benzene rings is 1. The maximum Gasteiger partial charge on any atom is 0.488 e. The Morgan fingerprint density at radius 2 is 2.24 bits per heavy atom. The highest BCUT2D eigenvalue weighted by Gasteiger charge is 2.13. The number of hydrogen-bond donors (Lipinski definition) is 3. The van der Waals surface area contributed by atoms with Gasteiger partial charge in [0, 0.05) is 5.56 Å². The van der Waals surface area contributed by atoms with Crippen molar-refractivity contribution in [1.29, 1.82) is 0 Å². The van der Waals surface area contributed by atoms with E-state index < -0.39 is 7.12 Å². The lowest BCUT2D eigenvalue weighted by atomic mass is 9.79. The molecule has 0 fully saturated rings. The molecule has 1 heterocycles. The summed E-state index contributed by atoms with van der Waals surface area (Å²) in [6.45, 7) is 4.18. The fraction of sp³-hybridized carbons (Fsp3) is 0.231. The van der Waals surface area contributed by atoms with Crippen molar-refractivity contribution in [1.82, 2.24) is 9.66 Å². The van der Waals surface area contributed by atoms with Crippen LogP contribution in [0.1, 0.15) is 18.2 Å². The van der Waals surface area contributed by atoms with Gasteiger partial charge in [-0.2, -0.15) is 5.10 Å². The molecule has 8 heteroatoms. The molecule has 0 spiro atoms. The fourth-order valence-corrected chi connectivity index (χ4v) is 1.84. The molecule has 1 aromatic heterocycles. The molecule has 0 aliphatic heterocycles. The zero-order chi connectivity index (χ0) is 15.4. The maximum absolute atomic E-state index is 9.24. The first-order valence-corrected chi connectivity index (χ1v) is 6.50. The average Bonchev–Trinajstić information content (AvgIpc) is 2.76.